The summed E-state index contributed by atoms with van der Waals surface area (Å²) in [5, 5.41) is 4.51. The molecule has 0 amide bonds. The first-order valence-corrected chi connectivity index (χ1v) is 5.64. The van der Waals surface area contributed by atoms with Crippen molar-refractivity contribution in [2.24, 2.45) is 5.11 Å². The molecular weight excluding hydrogens is 224 g/mol. The van der Waals surface area contributed by atoms with Gasteiger partial charge in [-0.25, -0.2) is 0 Å². The van der Waals surface area contributed by atoms with Gasteiger partial charge in [0.15, 0.2) is 0 Å². The van der Waals surface area contributed by atoms with Gasteiger partial charge in [-0.15, -0.1) is 0 Å². The lowest BCUT2D eigenvalue weighted by Crippen LogP contribution is -2.20. The molecule has 0 fully saturated rings. The highest BCUT2D eigenvalue weighted by atomic mass is 35.5. The zero-order valence-corrected chi connectivity index (χ0v) is 9.91. The Morgan fingerprint density at radius 3 is 2.69 bits per heavy atom. The van der Waals surface area contributed by atoms with Crippen LogP contribution in [0.1, 0.15) is 11.1 Å². The minimum absolute atomic E-state index is 0.720. The van der Waals surface area contributed by atoms with Gasteiger partial charge in [-0.3, -0.25) is 0 Å². The summed E-state index contributed by atoms with van der Waals surface area (Å²) in [5.41, 5.74) is 11.5. The maximum atomic E-state index is 8.53. The van der Waals surface area contributed by atoms with Crippen molar-refractivity contribution in [1.29, 1.82) is 0 Å². The Bertz CT molecular complexity index is 452. The Balaban J connectivity index is 2.50. The molecule has 0 saturated carbocycles. The molecule has 0 aliphatic carbocycles. The molecule has 2 rings (SSSR count). The van der Waals surface area contributed by atoms with E-state index in [0.717, 1.165) is 47.8 Å². The second-order valence-electron chi connectivity index (χ2n) is 4.02. The summed E-state index contributed by atoms with van der Waals surface area (Å²) in [4.78, 5) is 5.12. The first-order chi connectivity index (χ1) is 7.72. The standard InChI is InChI=1S/C11H13ClN4/c1-16-6-4-8-9(5-7-16)11(14-15-13)3-2-10(8)12/h2-3H,4-7H2,1H3. The fourth-order valence-corrected chi connectivity index (χ4v) is 2.33. The molecule has 0 atom stereocenters. The molecule has 1 aromatic carbocycles. The van der Waals surface area contributed by atoms with E-state index in [9.17, 15) is 0 Å². The summed E-state index contributed by atoms with van der Waals surface area (Å²) in [6.07, 6.45) is 1.81. The Morgan fingerprint density at radius 1 is 1.31 bits per heavy atom. The largest absolute Gasteiger partial charge is 0.306 e. The van der Waals surface area contributed by atoms with Gasteiger partial charge in [0.25, 0.3) is 0 Å². The zero-order valence-electron chi connectivity index (χ0n) is 9.15. The van der Waals surface area contributed by atoms with Crippen molar-refractivity contribution < 1.29 is 0 Å². The van der Waals surface area contributed by atoms with Crippen molar-refractivity contribution in [2.45, 2.75) is 12.8 Å². The van der Waals surface area contributed by atoms with Gasteiger partial charge < -0.3 is 4.90 Å². The maximum Gasteiger partial charge on any atom is 0.0441 e. The third-order valence-electron chi connectivity index (χ3n) is 2.99. The molecule has 1 heterocycles. The lowest BCUT2D eigenvalue weighted by Gasteiger charge is -2.11. The van der Waals surface area contributed by atoms with Gasteiger partial charge in [-0.2, -0.15) is 0 Å². The molecule has 0 aromatic heterocycles. The number of nitrogens with zero attached hydrogens (tertiary/aromatic N) is 4. The predicted octanol–water partition coefficient (Wildman–Crippen LogP) is 3.31. The van der Waals surface area contributed by atoms with Crippen LogP contribution in [0.25, 0.3) is 10.4 Å². The van der Waals surface area contributed by atoms with Gasteiger partial charge in [0, 0.05) is 28.7 Å². The number of fused-ring (bicyclic) bond motifs is 1. The van der Waals surface area contributed by atoms with Gasteiger partial charge in [0.1, 0.15) is 0 Å². The van der Waals surface area contributed by atoms with E-state index in [1.165, 1.54) is 0 Å². The second kappa shape index (κ2) is 4.74. The topological polar surface area (TPSA) is 52.0 Å². The van der Waals surface area contributed by atoms with E-state index in [1.807, 2.05) is 6.07 Å². The van der Waals surface area contributed by atoms with Gasteiger partial charge in [0.05, 0.1) is 0 Å². The molecule has 0 radical (unpaired) electrons. The van der Waals surface area contributed by atoms with E-state index < -0.39 is 0 Å². The Kier molecular flexibility index (Phi) is 3.34. The minimum atomic E-state index is 0.720. The molecule has 0 unspecified atom stereocenters. The summed E-state index contributed by atoms with van der Waals surface area (Å²) >= 11 is 6.18. The van der Waals surface area contributed by atoms with E-state index in [2.05, 4.69) is 22.0 Å². The van der Waals surface area contributed by atoms with E-state index >= 15 is 0 Å². The number of benzene rings is 1. The molecule has 0 saturated heterocycles. The second-order valence-corrected chi connectivity index (χ2v) is 4.42. The van der Waals surface area contributed by atoms with Crippen molar-refractivity contribution in [3.05, 3.63) is 38.7 Å². The Morgan fingerprint density at radius 2 is 2.00 bits per heavy atom. The van der Waals surface area contributed by atoms with Gasteiger partial charge in [-0.05, 0) is 42.6 Å². The first kappa shape index (κ1) is 11.3. The number of hydrogen-bond donors (Lipinski definition) is 0. The van der Waals surface area contributed by atoms with Crippen LogP contribution in [0.15, 0.2) is 17.2 Å². The lowest BCUT2D eigenvalue weighted by molar-refractivity contribution is 0.352. The molecular formula is C11H13ClN4. The van der Waals surface area contributed by atoms with Gasteiger partial charge in [0.2, 0.25) is 0 Å². The third-order valence-corrected chi connectivity index (χ3v) is 3.34. The number of hydrogen-bond acceptors (Lipinski definition) is 2. The van der Waals surface area contributed by atoms with Crippen LogP contribution in [0.2, 0.25) is 5.02 Å². The van der Waals surface area contributed by atoms with Gasteiger partial charge in [-0.1, -0.05) is 22.8 Å². The van der Waals surface area contributed by atoms with E-state index in [4.69, 9.17) is 17.1 Å². The van der Waals surface area contributed by atoms with E-state index in [1.54, 1.807) is 6.07 Å². The molecule has 5 heteroatoms. The highest BCUT2D eigenvalue weighted by Crippen LogP contribution is 2.31. The third kappa shape index (κ3) is 2.14. The maximum absolute atomic E-state index is 8.53. The van der Waals surface area contributed by atoms with Crippen LogP contribution in [-0.2, 0) is 12.8 Å². The molecule has 0 N–H and O–H groups in total. The molecule has 84 valence electrons. The fourth-order valence-electron chi connectivity index (χ4n) is 2.06. The quantitative estimate of drug-likeness (QED) is 0.419. The van der Waals surface area contributed by atoms with Crippen molar-refractivity contribution in [3.63, 3.8) is 0 Å². The van der Waals surface area contributed by atoms with Crippen molar-refractivity contribution >= 4 is 17.3 Å². The number of likely N-dealkylation sites (N-methyl/N-ethyl adjacent to an activating group) is 1. The minimum Gasteiger partial charge on any atom is -0.306 e. The fraction of sp³-hybridized carbons (Fsp3) is 0.455. The zero-order chi connectivity index (χ0) is 11.5. The van der Waals surface area contributed by atoms with Crippen LogP contribution in [0, 0.1) is 0 Å². The lowest BCUT2D eigenvalue weighted by atomic mass is 10.0. The predicted molar refractivity (Wildman–Crippen MR) is 65.2 cm³/mol. The summed E-state index contributed by atoms with van der Waals surface area (Å²) in [5.74, 6) is 0. The number of rotatable bonds is 1. The summed E-state index contributed by atoms with van der Waals surface area (Å²) < 4.78 is 0. The normalized spacial score (nSPS) is 16.1. The highest BCUT2D eigenvalue weighted by Gasteiger charge is 2.16. The molecule has 0 spiro atoms. The van der Waals surface area contributed by atoms with Crippen LogP contribution < -0.4 is 0 Å². The summed E-state index contributed by atoms with van der Waals surface area (Å²) in [6.45, 7) is 1.97. The summed E-state index contributed by atoms with van der Waals surface area (Å²) in [7, 11) is 2.09. The van der Waals surface area contributed by atoms with E-state index in [0.29, 0.717) is 0 Å². The average Bonchev–Trinajstić information content (AvgIpc) is 2.46. The van der Waals surface area contributed by atoms with Crippen LogP contribution in [0.3, 0.4) is 0 Å². The van der Waals surface area contributed by atoms with Gasteiger partial charge >= 0.3 is 0 Å². The van der Waals surface area contributed by atoms with Crippen molar-refractivity contribution in [2.75, 3.05) is 20.1 Å². The van der Waals surface area contributed by atoms with Crippen LogP contribution in [0.5, 0.6) is 0 Å². The molecule has 1 aromatic rings. The molecule has 0 bridgehead atoms. The van der Waals surface area contributed by atoms with Crippen molar-refractivity contribution in [1.82, 2.24) is 4.90 Å². The van der Waals surface area contributed by atoms with Crippen LogP contribution >= 0.6 is 11.6 Å². The number of azide groups is 1. The highest BCUT2D eigenvalue weighted by molar-refractivity contribution is 6.31. The molecule has 4 nitrogen and oxygen atoms in total. The molecule has 1 aliphatic rings. The molecule has 1 aliphatic heterocycles. The van der Waals surface area contributed by atoms with Crippen LogP contribution in [0.4, 0.5) is 5.69 Å². The van der Waals surface area contributed by atoms with Crippen molar-refractivity contribution in [3.8, 4) is 0 Å². The Hall–Kier alpha value is -1.22. The monoisotopic (exact) mass is 236 g/mol. The summed E-state index contributed by atoms with van der Waals surface area (Å²) in [6, 6.07) is 3.61. The molecule has 16 heavy (non-hydrogen) atoms. The van der Waals surface area contributed by atoms with E-state index in [-0.39, 0.29) is 0 Å². The number of halogens is 1. The smallest absolute Gasteiger partial charge is 0.0441 e. The average molecular weight is 237 g/mol. The SMILES string of the molecule is CN1CCc2c(Cl)ccc(N=[N+]=[N-])c2CC1. The first-order valence-electron chi connectivity index (χ1n) is 5.26. The van der Waals surface area contributed by atoms with Crippen LogP contribution in [-0.4, -0.2) is 25.0 Å². The Labute approximate surface area is 99.4 Å².